The van der Waals surface area contributed by atoms with E-state index >= 15 is 0 Å². The number of aryl methyl sites for hydroxylation is 1. The summed E-state index contributed by atoms with van der Waals surface area (Å²) in [6, 6.07) is 9.95. The highest BCUT2D eigenvalue weighted by molar-refractivity contribution is 6.15. The average Bonchev–Trinajstić information content (AvgIpc) is 3.42. The molecule has 7 heteroatoms. The lowest BCUT2D eigenvalue weighted by molar-refractivity contribution is -0.129. The molecule has 1 aromatic carbocycles. The number of carbonyl (C=O) groups excluding carboxylic acids is 2. The number of Topliss-reactive ketones (excluding diaryl/α,β-unsaturated/α-hetero) is 1. The summed E-state index contributed by atoms with van der Waals surface area (Å²) in [6.07, 6.45) is 5.32. The van der Waals surface area contributed by atoms with E-state index in [9.17, 15) is 14.7 Å². The Morgan fingerprint density at radius 1 is 1.00 bits per heavy atom. The Hall–Kier alpha value is -3.06. The van der Waals surface area contributed by atoms with Crippen LogP contribution in [0.2, 0.25) is 0 Å². The maximum atomic E-state index is 13.4. The van der Waals surface area contributed by atoms with Gasteiger partial charge in [0.15, 0.2) is 11.5 Å². The minimum absolute atomic E-state index is 0.0623. The second-order valence-electron chi connectivity index (χ2n) is 9.31. The minimum Gasteiger partial charge on any atom is -0.503 e. The van der Waals surface area contributed by atoms with E-state index in [0.29, 0.717) is 24.7 Å². The second kappa shape index (κ2) is 13.3. The van der Waals surface area contributed by atoms with Gasteiger partial charge in [0.2, 0.25) is 5.78 Å². The number of ketones is 1. The van der Waals surface area contributed by atoms with Gasteiger partial charge in [-0.05, 0) is 82.6 Å². The number of furan rings is 1. The SMILES string of the molecule is CCCCN(CCCC)CCCN1C(=O)C(O)=C(C(=O)c2ccc(C)o2)C1c1ccc(OCC)cc1. The van der Waals surface area contributed by atoms with E-state index in [1.165, 1.54) is 0 Å². The maximum absolute atomic E-state index is 13.4. The fourth-order valence-electron chi connectivity index (χ4n) is 4.63. The molecule has 0 bridgehead atoms. The van der Waals surface area contributed by atoms with E-state index in [1.54, 1.807) is 24.0 Å². The third-order valence-corrected chi connectivity index (χ3v) is 6.55. The summed E-state index contributed by atoms with van der Waals surface area (Å²) >= 11 is 0. The zero-order valence-electron chi connectivity index (χ0n) is 22.1. The van der Waals surface area contributed by atoms with Crippen LogP contribution >= 0.6 is 0 Å². The molecule has 36 heavy (non-hydrogen) atoms. The molecule has 0 radical (unpaired) electrons. The summed E-state index contributed by atoms with van der Waals surface area (Å²) in [5, 5.41) is 10.9. The van der Waals surface area contributed by atoms with Crippen molar-refractivity contribution in [1.29, 1.82) is 0 Å². The molecule has 1 N–H and O–H groups in total. The van der Waals surface area contributed by atoms with Crippen molar-refractivity contribution in [2.45, 2.75) is 65.8 Å². The summed E-state index contributed by atoms with van der Waals surface area (Å²) < 4.78 is 11.1. The second-order valence-corrected chi connectivity index (χ2v) is 9.31. The van der Waals surface area contributed by atoms with Gasteiger partial charge in [0, 0.05) is 6.54 Å². The Balaban J connectivity index is 1.85. The molecular weight excluding hydrogens is 456 g/mol. The number of aliphatic hydroxyl groups is 1. The quantitative estimate of drug-likeness (QED) is 0.311. The number of amides is 1. The summed E-state index contributed by atoms with van der Waals surface area (Å²) in [5.41, 5.74) is 0.809. The minimum atomic E-state index is -0.689. The molecule has 1 amide bonds. The third-order valence-electron chi connectivity index (χ3n) is 6.55. The molecule has 2 aromatic rings. The molecule has 0 aliphatic carbocycles. The Bertz CT molecular complexity index is 1030. The van der Waals surface area contributed by atoms with E-state index in [1.807, 2.05) is 31.2 Å². The monoisotopic (exact) mass is 496 g/mol. The first-order valence-corrected chi connectivity index (χ1v) is 13.2. The van der Waals surface area contributed by atoms with Crippen LogP contribution in [0, 0.1) is 6.92 Å². The van der Waals surface area contributed by atoms with Gasteiger partial charge in [0.1, 0.15) is 11.5 Å². The molecule has 2 heterocycles. The molecule has 1 unspecified atom stereocenters. The van der Waals surface area contributed by atoms with Crippen molar-refractivity contribution in [2.24, 2.45) is 0 Å². The van der Waals surface area contributed by atoms with E-state index in [0.717, 1.165) is 57.3 Å². The predicted octanol–water partition coefficient (Wildman–Crippen LogP) is 5.86. The predicted molar refractivity (Wildman–Crippen MR) is 140 cm³/mol. The molecule has 3 rings (SSSR count). The van der Waals surface area contributed by atoms with Crippen LogP contribution in [0.15, 0.2) is 52.1 Å². The average molecular weight is 497 g/mol. The van der Waals surface area contributed by atoms with Gasteiger partial charge < -0.3 is 24.1 Å². The van der Waals surface area contributed by atoms with Gasteiger partial charge in [-0.3, -0.25) is 9.59 Å². The Labute approximate surface area is 214 Å². The van der Waals surface area contributed by atoms with Gasteiger partial charge in [-0.15, -0.1) is 0 Å². The topological polar surface area (TPSA) is 83.2 Å². The number of hydrogen-bond acceptors (Lipinski definition) is 6. The van der Waals surface area contributed by atoms with Crippen LogP contribution in [0.3, 0.4) is 0 Å². The lowest BCUT2D eigenvalue weighted by Crippen LogP contribution is -2.35. The van der Waals surface area contributed by atoms with Crippen molar-refractivity contribution in [3.05, 3.63) is 64.8 Å². The molecule has 0 saturated heterocycles. The van der Waals surface area contributed by atoms with Crippen molar-refractivity contribution in [3.63, 3.8) is 0 Å². The van der Waals surface area contributed by atoms with Crippen LogP contribution in [0.1, 0.15) is 80.8 Å². The molecule has 0 saturated carbocycles. The van der Waals surface area contributed by atoms with E-state index in [2.05, 4.69) is 18.7 Å². The molecule has 0 fully saturated rings. The maximum Gasteiger partial charge on any atom is 0.290 e. The number of nitrogens with zero attached hydrogens (tertiary/aromatic N) is 2. The lowest BCUT2D eigenvalue weighted by atomic mass is 9.95. The van der Waals surface area contributed by atoms with Crippen LogP contribution in [0.25, 0.3) is 0 Å². The molecular formula is C29H40N2O5. The molecule has 0 spiro atoms. The van der Waals surface area contributed by atoms with E-state index < -0.39 is 23.5 Å². The number of aliphatic hydroxyl groups excluding tert-OH is 1. The van der Waals surface area contributed by atoms with Crippen molar-refractivity contribution in [1.82, 2.24) is 9.80 Å². The highest BCUT2D eigenvalue weighted by atomic mass is 16.5. The molecule has 196 valence electrons. The smallest absolute Gasteiger partial charge is 0.290 e. The first kappa shape index (κ1) is 27.5. The summed E-state index contributed by atoms with van der Waals surface area (Å²) in [5.74, 6) is -0.0671. The van der Waals surface area contributed by atoms with Gasteiger partial charge in [-0.25, -0.2) is 0 Å². The highest BCUT2D eigenvalue weighted by Crippen LogP contribution is 2.39. The van der Waals surface area contributed by atoms with Gasteiger partial charge in [0.25, 0.3) is 5.91 Å². The number of ether oxygens (including phenoxy) is 1. The van der Waals surface area contributed by atoms with E-state index in [4.69, 9.17) is 9.15 Å². The number of hydrogen-bond donors (Lipinski definition) is 1. The summed E-state index contributed by atoms with van der Waals surface area (Å²) in [7, 11) is 0. The summed E-state index contributed by atoms with van der Waals surface area (Å²) in [6.45, 7) is 12.0. The van der Waals surface area contributed by atoms with Crippen LogP contribution in [-0.4, -0.2) is 59.4 Å². The highest BCUT2D eigenvalue weighted by Gasteiger charge is 2.44. The number of unbranched alkanes of at least 4 members (excludes halogenated alkanes) is 2. The number of benzene rings is 1. The van der Waals surface area contributed by atoms with Crippen molar-refractivity contribution in [2.75, 3.05) is 32.8 Å². The van der Waals surface area contributed by atoms with Crippen LogP contribution in [-0.2, 0) is 4.79 Å². The van der Waals surface area contributed by atoms with Crippen LogP contribution in [0.5, 0.6) is 5.75 Å². The zero-order valence-corrected chi connectivity index (χ0v) is 22.1. The van der Waals surface area contributed by atoms with E-state index in [-0.39, 0.29) is 11.3 Å². The molecule has 1 aliphatic rings. The van der Waals surface area contributed by atoms with Crippen LogP contribution < -0.4 is 4.74 Å². The Morgan fingerprint density at radius 2 is 1.64 bits per heavy atom. The standard InChI is InChI=1S/C29H40N2O5/c1-5-8-17-30(18-9-6-2)19-10-20-31-26(22-12-14-23(15-13-22)35-7-3)25(28(33)29(31)34)27(32)24-16-11-21(4)36-24/h11-16,26,33H,5-10,17-20H2,1-4H3. The third kappa shape index (κ3) is 6.58. The molecule has 1 aromatic heterocycles. The first-order chi connectivity index (χ1) is 17.4. The van der Waals surface area contributed by atoms with Gasteiger partial charge in [-0.1, -0.05) is 38.8 Å². The van der Waals surface area contributed by atoms with Crippen molar-refractivity contribution >= 4 is 11.7 Å². The zero-order chi connectivity index (χ0) is 26.1. The lowest BCUT2D eigenvalue weighted by Gasteiger charge is -2.28. The van der Waals surface area contributed by atoms with Gasteiger partial charge in [0.05, 0.1) is 18.2 Å². The molecule has 1 aliphatic heterocycles. The van der Waals surface area contributed by atoms with Crippen LogP contribution in [0.4, 0.5) is 0 Å². The normalized spacial score (nSPS) is 15.9. The number of carbonyl (C=O) groups is 2. The first-order valence-electron chi connectivity index (χ1n) is 13.2. The van der Waals surface area contributed by atoms with Gasteiger partial charge >= 0.3 is 0 Å². The van der Waals surface area contributed by atoms with Crippen molar-refractivity contribution in [3.8, 4) is 5.75 Å². The van der Waals surface area contributed by atoms with Crippen molar-refractivity contribution < 1.29 is 23.8 Å². The molecule has 1 atom stereocenters. The fraction of sp³-hybridized carbons (Fsp3) is 0.517. The fourth-order valence-corrected chi connectivity index (χ4v) is 4.63. The van der Waals surface area contributed by atoms with Gasteiger partial charge in [-0.2, -0.15) is 0 Å². The largest absolute Gasteiger partial charge is 0.503 e. The number of rotatable bonds is 15. The summed E-state index contributed by atoms with van der Waals surface area (Å²) in [4.78, 5) is 30.7. The molecule has 7 nitrogen and oxygen atoms in total. The Morgan fingerprint density at radius 3 is 2.19 bits per heavy atom. The Kier molecular flexibility index (Phi) is 10.2.